The van der Waals surface area contributed by atoms with E-state index < -0.39 is 10.0 Å². The van der Waals surface area contributed by atoms with Crippen LogP contribution in [0.2, 0.25) is 0 Å². The molecule has 186 valence electrons. The number of benzene rings is 2. The SMILES string of the molecule is CCNc1ccc(S(=O)(=O)N(CC)CC)cc1NCC(=O)Nc1ccc(N2CCOCC2)cc1. The van der Waals surface area contributed by atoms with Crippen molar-refractivity contribution in [2.24, 2.45) is 0 Å². The van der Waals surface area contributed by atoms with Crippen LogP contribution in [0.1, 0.15) is 20.8 Å². The van der Waals surface area contributed by atoms with Gasteiger partial charge in [-0.25, -0.2) is 8.42 Å². The van der Waals surface area contributed by atoms with Crippen LogP contribution in [0.3, 0.4) is 0 Å². The molecule has 1 saturated heterocycles. The zero-order chi connectivity index (χ0) is 24.6. The van der Waals surface area contributed by atoms with E-state index in [-0.39, 0.29) is 17.3 Å². The van der Waals surface area contributed by atoms with Crippen molar-refractivity contribution in [3.63, 3.8) is 0 Å². The highest BCUT2D eigenvalue weighted by atomic mass is 32.2. The van der Waals surface area contributed by atoms with Crippen LogP contribution in [-0.2, 0) is 19.6 Å². The third-order valence-electron chi connectivity index (χ3n) is 5.67. The normalized spacial score (nSPS) is 14.2. The summed E-state index contributed by atoms with van der Waals surface area (Å²) in [5, 5.41) is 9.18. The Kier molecular flexibility index (Phi) is 9.14. The number of hydrogen-bond acceptors (Lipinski definition) is 7. The van der Waals surface area contributed by atoms with E-state index in [1.54, 1.807) is 18.2 Å². The maximum Gasteiger partial charge on any atom is 0.243 e. The molecule has 0 aliphatic carbocycles. The zero-order valence-electron chi connectivity index (χ0n) is 20.1. The Balaban J connectivity index is 1.66. The smallest absolute Gasteiger partial charge is 0.243 e. The first kappa shape index (κ1) is 25.8. The summed E-state index contributed by atoms with van der Waals surface area (Å²) in [6.45, 7) is 10.2. The van der Waals surface area contributed by atoms with Crippen molar-refractivity contribution < 1.29 is 17.9 Å². The highest BCUT2D eigenvalue weighted by molar-refractivity contribution is 7.89. The second-order valence-corrected chi connectivity index (χ2v) is 9.81. The Labute approximate surface area is 202 Å². The van der Waals surface area contributed by atoms with E-state index in [0.717, 1.165) is 37.7 Å². The van der Waals surface area contributed by atoms with Crippen LogP contribution in [0, 0.1) is 0 Å². The third kappa shape index (κ3) is 6.40. The van der Waals surface area contributed by atoms with Crippen LogP contribution in [0.5, 0.6) is 0 Å². The van der Waals surface area contributed by atoms with Crippen molar-refractivity contribution >= 4 is 38.7 Å². The van der Waals surface area contributed by atoms with Crippen molar-refractivity contribution in [3.05, 3.63) is 42.5 Å². The molecule has 0 unspecified atom stereocenters. The fourth-order valence-electron chi connectivity index (χ4n) is 3.85. The molecule has 0 saturated carbocycles. The molecular formula is C24H35N5O4S. The molecule has 2 aromatic carbocycles. The molecule has 3 rings (SSSR count). The largest absolute Gasteiger partial charge is 0.384 e. The zero-order valence-corrected chi connectivity index (χ0v) is 21.0. The molecule has 2 aromatic rings. The van der Waals surface area contributed by atoms with E-state index in [0.29, 0.717) is 31.0 Å². The van der Waals surface area contributed by atoms with Crippen molar-refractivity contribution in [2.45, 2.75) is 25.7 Å². The Hall–Kier alpha value is -2.82. The minimum Gasteiger partial charge on any atom is -0.384 e. The van der Waals surface area contributed by atoms with Crippen LogP contribution in [-0.4, -0.2) is 71.1 Å². The van der Waals surface area contributed by atoms with Crippen LogP contribution >= 0.6 is 0 Å². The fraction of sp³-hybridized carbons (Fsp3) is 0.458. The second kappa shape index (κ2) is 12.0. The summed E-state index contributed by atoms with van der Waals surface area (Å²) < 4.78 is 32.6. The van der Waals surface area contributed by atoms with Gasteiger partial charge in [0, 0.05) is 44.1 Å². The number of sulfonamides is 1. The molecule has 3 N–H and O–H groups in total. The van der Waals surface area contributed by atoms with Crippen molar-refractivity contribution in [3.8, 4) is 0 Å². The predicted octanol–water partition coefficient (Wildman–Crippen LogP) is 3.04. The van der Waals surface area contributed by atoms with Gasteiger partial charge >= 0.3 is 0 Å². The Bertz CT molecular complexity index is 1050. The molecule has 9 nitrogen and oxygen atoms in total. The number of amides is 1. The van der Waals surface area contributed by atoms with E-state index in [9.17, 15) is 13.2 Å². The van der Waals surface area contributed by atoms with Crippen molar-refractivity contribution in [1.82, 2.24) is 4.31 Å². The van der Waals surface area contributed by atoms with E-state index in [1.807, 2.05) is 45.0 Å². The van der Waals surface area contributed by atoms with Crippen LogP contribution in [0.15, 0.2) is 47.4 Å². The van der Waals surface area contributed by atoms with Crippen LogP contribution in [0.4, 0.5) is 22.7 Å². The molecule has 0 spiro atoms. The fourth-order valence-corrected chi connectivity index (χ4v) is 5.33. The summed E-state index contributed by atoms with van der Waals surface area (Å²) in [6, 6.07) is 12.6. The maximum absolute atomic E-state index is 12.9. The predicted molar refractivity (Wildman–Crippen MR) is 137 cm³/mol. The lowest BCUT2D eigenvalue weighted by Crippen LogP contribution is -2.36. The number of ether oxygens (including phenoxy) is 1. The van der Waals surface area contributed by atoms with Crippen molar-refractivity contribution in [1.29, 1.82) is 0 Å². The van der Waals surface area contributed by atoms with Gasteiger partial charge in [-0.1, -0.05) is 13.8 Å². The van der Waals surface area contributed by atoms with Gasteiger partial charge in [-0.3, -0.25) is 4.79 Å². The van der Waals surface area contributed by atoms with E-state index in [1.165, 1.54) is 4.31 Å². The number of rotatable bonds is 11. The summed E-state index contributed by atoms with van der Waals surface area (Å²) in [7, 11) is -3.60. The summed E-state index contributed by atoms with van der Waals surface area (Å²) in [5.41, 5.74) is 3.10. The average Bonchev–Trinajstić information content (AvgIpc) is 2.85. The lowest BCUT2D eigenvalue weighted by molar-refractivity contribution is -0.114. The quantitative estimate of drug-likeness (QED) is 0.446. The Morgan fingerprint density at radius 1 is 0.971 bits per heavy atom. The monoisotopic (exact) mass is 489 g/mol. The van der Waals surface area contributed by atoms with Gasteiger partial charge in [0.05, 0.1) is 36.0 Å². The standard InChI is InChI=1S/C24H35N5O4S/c1-4-25-22-12-11-21(34(31,32)29(5-2)6-3)17-23(22)26-18-24(30)27-19-7-9-20(10-8-19)28-13-15-33-16-14-28/h7-12,17,25-26H,4-6,13-16,18H2,1-3H3,(H,27,30). The molecule has 1 aliphatic heterocycles. The van der Waals surface area contributed by atoms with Gasteiger partial charge < -0.3 is 25.6 Å². The highest BCUT2D eigenvalue weighted by Crippen LogP contribution is 2.27. The molecule has 34 heavy (non-hydrogen) atoms. The highest BCUT2D eigenvalue weighted by Gasteiger charge is 2.22. The number of nitrogens with one attached hydrogen (secondary N) is 3. The summed E-state index contributed by atoms with van der Waals surface area (Å²) in [6.07, 6.45) is 0. The Morgan fingerprint density at radius 2 is 1.65 bits per heavy atom. The lowest BCUT2D eigenvalue weighted by atomic mass is 10.2. The number of morpholine rings is 1. The number of carbonyl (C=O) groups is 1. The van der Waals surface area contributed by atoms with E-state index in [4.69, 9.17) is 4.74 Å². The molecule has 1 aliphatic rings. The number of carbonyl (C=O) groups excluding carboxylic acids is 1. The number of hydrogen-bond donors (Lipinski definition) is 3. The summed E-state index contributed by atoms with van der Waals surface area (Å²) in [5.74, 6) is -0.224. The van der Waals surface area contributed by atoms with Gasteiger partial charge in [-0.2, -0.15) is 4.31 Å². The molecule has 0 aromatic heterocycles. The first-order valence-electron chi connectivity index (χ1n) is 11.7. The molecule has 0 bridgehead atoms. The molecule has 10 heteroatoms. The van der Waals surface area contributed by atoms with Gasteiger partial charge in [0.1, 0.15) is 0 Å². The van der Waals surface area contributed by atoms with Gasteiger partial charge in [-0.05, 0) is 49.4 Å². The first-order valence-corrected chi connectivity index (χ1v) is 13.2. The van der Waals surface area contributed by atoms with Gasteiger partial charge in [-0.15, -0.1) is 0 Å². The van der Waals surface area contributed by atoms with E-state index >= 15 is 0 Å². The average molecular weight is 490 g/mol. The minimum absolute atomic E-state index is 0.00161. The molecule has 0 atom stereocenters. The van der Waals surface area contributed by atoms with Gasteiger partial charge in [0.15, 0.2) is 0 Å². The van der Waals surface area contributed by atoms with Crippen LogP contribution in [0.25, 0.3) is 0 Å². The Morgan fingerprint density at radius 3 is 2.26 bits per heavy atom. The molecule has 1 heterocycles. The first-order chi connectivity index (χ1) is 16.4. The number of anilines is 4. The van der Waals surface area contributed by atoms with Gasteiger partial charge in [0.2, 0.25) is 15.9 Å². The van der Waals surface area contributed by atoms with E-state index in [2.05, 4.69) is 20.9 Å². The van der Waals surface area contributed by atoms with Crippen LogP contribution < -0.4 is 20.9 Å². The minimum atomic E-state index is -3.60. The maximum atomic E-state index is 12.9. The molecule has 1 fully saturated rings. The summed E-state index contributed by atoms with van der Waals surface area (Å²) in [4.78, 5) is 15.0. The molecule has 0 radical (unpaired) electrons. The van der Waals surface area contributed by atoms with Crippen molar-refractivity contribution in [2.75, 3.05) is 73.3 Å². The third-order valence-corrected chi connectivity index (χ3v) is 7.71. The van der Waals surface area contributed by atoms with Gasteiger partial charge in [0.25, 0.3) is 0 Å². The number of nitrogens with zero attached hydrogens (tertiary/aromatic N) is 2. The summed E-state index contributed by atoms with van der Waals surface area (Å²) >= 11 is 0. The molecule has 1 amide bonds. The molecular weight excluding hydrogens is 454 g/mol. The topological polar surface area (TPSA) is 103 Å². The lowest BCUT2D eigenvalue weighted by Gasteiger charge is -2.28. The second-order valence-electron chi connectivity index (χ2n) is 7.88.